The molecular weight excluding hydrogens is 234 g/mol. The lowest BCUT2D eigenvalue weighted by atomic mass is 10.0. The summed E-state index contributed by atoms with van der Waals surface area (Å²) in [7, 11) is 0. The Morgan fingerprint density at radius 1 is 1.33 bits per heavy atom. The molecular formula is C13H16NO4-. The number of nitrogens with one attached hydrogen (secondary N) is 1. The topological polar surface area (TPSA) is 78.5 Å². The van der Waals surface area contributed by atoms with Gasteiger partial charge in [0.2, 0.25) is 5.91 Å². The summed E-state index contributed by atoms with van der Waals surface area (Å²) in [4.78, 5) is 21.7. The van der Waals surface area contributed by atoms with Crippen molar-refractivity contribution >= 4 is 11.9 Å². The minimum atomic E-state index is -1.21. The SMILES string of the molecule is CCOc1ccc(C(CC(=O)[O-])NC(C)=O)cc1. The number of rotatable bonds is 6. The lowest BCUT2D eigenvalue weighted by Gasteiger charge is -2.19. The molecule has 0 bridgehead atoms. The molecule has 1 N–H and O–H groups in total. The molecule has 5 nitrogen and oxygen atoms in total. The van der Waals surface area contributed by atoms with Gasteiger partial charge < -0.3 is 20.0 Å². The quantitative estimate of drug-likeness (QED) is 0.792. The minimum Gasteiger partial charge on any atom is -0.550 e. The number of amides is 1. The van der Waals surface area contributed by atoms with E-state index in [9.17, 15) is 14.7 Å². The average Bonchev–Trinajstić information content (AvgIpc) is 2.28. The summed E-state index contributed by atoms with van der Waals surface area (Å²) in [5.41, 5.74) is 0.706. The maximum atomic E-state index is 11.0. The van der Waals surface area contributed by atoms with Gasteiger partial charge in [-0.3, -0.25) is 4.79 Å². The second-order valence-corrected chi connectivity index (χ2v) is 3.83. The van der Waals surface area contributed by atoms with Crippen molar-refractivity contribution in [1.82, 2.24) is 5.32 Å². The highest BCUT2D eigenvalue weighted by atomic mass is 16.5. The molecule has 0 aliphatic rings. The summed E-state index contributed by atoms with van der Waals surface area (Å²) in [6.45, 7) is 3.79. The van der Waals surface area contributed by atoms with Gasteiger partial charge in [0.25, 0.3) is 0 Å². The number of carbonyl (C=O) groups excluding carboxylic acids is 2. The second-order valence-electron chi connectivity index (χ2n) is 3.83. The van der Waals surface area contributed by atoms with Crippen LogP contribution in [0, 0.1) is 0 Å². The molecule has 0 saturated heterocycles. The third kappa shape index (κ3) is 4.45. The highest BCUT2D eigenvalue weighted by Gasteiger charge is 2.13. The maximum absolute atomic E-state index is 11.0. The average molecular weight is 250 g/mol. The number of carboxylic acids is 1. The van der Waals surface area contributed by atoms with Gasteiger partial charge in [0.1, 0.15) is 5.75 Å². The van der Waals surface area contributed by atoms with E-state index in [-0.39, 0.29) is 12.3 Å². The first kappa shape index (κ1) is 14.0. The number of ether oxygens (including phenoxy) is 1. The summed E-state index contributed by atoms with van der Waals surface area (Å²) in [6.07, 6.45) is -0.256. The highest BCUT2D eigenvalue weighted by molar-refractivity contribution is 5.75. The molecule has 0 spiro atoms. The molecule has 1 rings (SSSR count). The number of hydrogen-bond acceptors (Lipinski definition) is 4. The summed E-state index contributed by atoms with van der Waals surface area (Å²) >= 11 is 0. The van der Waals surface area contributed by atoms with Crippen LogP contribution in [0.2, 0.25) is 0 Å². The van der Waals surface area contributed by atoms with Crippen LogP contribution >= 0.6 is 0 Å². The highest BCUT2D eigenvalue weighted by Crippen LogP contribution is 2.20. The van der Waals surface area contributed by atoms with E-state index in [0.717, 1.165) is 0 Å². The van der Waals surface area contributed by atoms with Crippen LogP contribution in [0.3, 0.4) is 0 Å². The number of carboxylic acid groups (broad SMARTS) is 1. The summed E-state index contributed by atoms with van der Waals surface area (Å²) in [5.74, 6) is -0.783. The third-order valence-electron chi connectivity index (χ3n) is 2.34. The van der Waals surface area contributed by atoms with Crippen LogP contribution in [-0.4, -0.2) is 18.5 Å². The summed E-state index contributed by atoms with van der Waals surface area (Å²) in [5, 5.41) is 13.2. The van der Waals surface area contributed by atoms with Crippen molar-refractivity contribution in [3.8, 4) is 5.75 Å². The molecule has 0 heterocycles. The van der Waals surface area contributed by atoms with E-state index in [0.29, 0.717) is 17.9 Å². The van der Waals surface area contributed by atoms with Crippen LogP contribution in [-0.2, 0) is 9.59 Å². The van der Waals surface area contributed by atoms with Gasteiger partial charge in [0, 0.05) is 19.3 Å². The second kappa shape index (κ2) is 6.64. The molecule has 1 amide bonds. The van der Waals surface area contributed by atoms with Gasteiger partial charge in [-0.05, 0) is 24.6 Å². The van der Waals surface area contributed by atoms with E-state index in [2.05, 4.69) is 5.32 Å². The van der Waals surface area contributed by atoms with Crippen molar-refractivity contribution in [2.45, 2.75) is 26.3 Å². The number of benzene rings is 1. The molecule has 0 aliphatic heterocycles. The van der Waals surface area contributed by atoms with Gasteiger partial charge in [0.15, 0.2) is 0 Å². The van der Waals surface area contributed by atoms with Crippen molar-refractivity contribution in [1.29, 1.82) is 0 Å². The van der Waals surface area contributed by atoms with Gasteiger partial charge in [-0.1, -0.05) is 12.1 Å². The van der Waals surface area contributed by atoms with E-state index in [4.69, 9.17) is 4.74 Å². The number of carbonyl (C=O) groups is 2. The van der Waals surface area contributed by atoms with Crippen LogP contribution in [0.15, 0.2) is 24.3 Å². The molecule has 1 aromatic rings. The maximum Gasteiger partial charge on any atom is 0.217 e. The van der Waals surface area contributed by atoms with Gasteiger partial charge in [-0.2, -0.15) is 0 Å². The predicted molar refractivity (Wildman–Crippen MR) is 63.8 cm³/mol. The summed E-state index contributed by atoms with van der Waals surface area (Å²) in [6, 6.07) is 6.36. The molecule has 0 radical (unpaired) electrons. The molecule has 1 unspecified atom stereocenters. The predicted octanol–water partition coefficient (Wildman–Crippen LogP) is 0.402. The normalized spacial score (nSPS) is 11.7. The number of hydrogen-bond donors (Lipinski definition) is 1. The zero-order chi connectivity index (χ0) is 13.5. The molecule has 98 valence electrons. The van der Waals surface area contributed by atoms with E-state index in [1.165, 1.54) is 6.92 Å². The Morgan fingerprint density at radius 2 is 1.94 bits per heavy atom. The zero-order valence-electron chi connectivity index (χ0n) is 10.4. The zero-order valence-corrected chi connectivity index (χ0v) is 10.4. The molecule has 0 aromatic heterocycles. The first-order valence-electron chi connectivity index (χ1n) is 5.72. The van der Waals surface area contributed by atoms with Crippen LogP contribution in [0.4, 0.5) is 0 Å². The first-order chi connectivity index (χ1) is 8.52. The smallest absolute Gasteiger partial charge is 0.217 e. The molecule has 1 aromatic carbocycles. The van der Waals surface area contributed by atoms with Crippen molar-refractivity contribution in [3.63, 3.8) is 0 Å². The van der Waals surface area contributed by atoms with Crippen molar-refractivity contribution in [2.75, 3.05) is 6.61 Å². The van der Waals surface area contributed by atoms with Crippen LogP contribution in [0.25, 0.3) is 0 Å². The Labute approximate surface area is 106 Å². The Morgan fingerprint density at radius 3 is 2.39 bits per heavy atom. The number of aliphatic carboxylic acids is 1. The van der Waals surface area contributed by atoms with Crippen LogP contribution in [0.5, 0.6) is 5.75 Å². The molecule has 0 fully saturated rings. The fraction of sp³-hybridized carbons (Fsp3) is 0.385. The van der Waals surface area contributed by atoms with E-state index in [1.54, 1.807) is 24.3 Å². The monoisotopic (exact) mass is 250 g/mol. The fourth-order valence-electron chi connectivity index (χ4n) is 1.63. The van der Waals surface area contributed by atoms with E-state index < -0.39 is 12.0 Å². The van der Waals surface area contributed by atoms with Gasteiger partial charge >= 0.3 is 0 Å². The van der Waals surface area contributed by atoms with Crippen LogP contribution in [0.1, 0.15) is 31.9 Å². The fourth-order valence-corrected chi connectivity index (χ4v) is 1.63. The third-order valence-corrected chi connectivity index (χ3v) is 2.34. The lowest BCUT2D eigenvalue weighted by Crippen LogP contribution is -2.33. The van der Waals surface area contributed by atoms with Crippen LogP contribution < -0.4 is 15.2 Å². The van der Waals surface area contributed by atoms with Crippen molar-refractivity contribution in [3.05, 3.63) is 29.8 Å². The van der Waals surface area contributed by atoms with Gasteiger partial charge in [-0.15, -0.1) is 0 Å². The van der Waals surface area contributed by atoms with Crippen molar-refractivity contribution < 1.29 is 19.4 Å². The molecule has 0 saturated carbocycles. The standard InChI is InChI=1S/C13H17NO4/c1-3-18-11-6-4-10(5-7-11)12(8-13(16)17)14-9(2)15/h4-7,12H,3,8H2,1-2H3,(H,14,15)(H,16,17)/p-1. The van der Waals surface area contributed by atoms with E-state index in [1.807, 2.05) is 6.92 Å². The van der Waals surface area contributed by atoms with Gasteiger partial charge in [0.05, 0.1) is 12.6 Å². The molecule has 0 aliphatic carbocycles. The molecule has 1 atom stereocenters. The summed E-state index contributed by atoms with van der Waals surface area (Å²) < 4.78 is 5.29. The Balaban J connectivity index is 2.83. The molecule has 5 heteroatoms. The molecule has 18 heavy (non-hydrogen) atoms. The Bertz CT molecular complexity index is 398. The largest absolute Gasteiger partial charge is 0.550 e. The Hall–Kier alpha value is -2.04. The van der Waals surface area contributed by atoms with Gasteiger partial charge in [-0.25, -0.2) is 0 Å². The Kier molecular flexibility index (Phi) is 5.17. The van der Waals surface area contributed by atoms with Crippen molar-refractivity contribution in [2.24, 2.45) is 0 Å². The first-order valence-corrected chi connectivity index (χ1v) is 5.72. The van der Waals surface area contributed by atoms with E-state index >= 15 is 0 Å². The minimum absolute atomic E-state index is 0.256. The lowest BCUT2D eigenvalue weighted by molar-refractivity contribution is -0.306.